The molecule has 0 aliphatic carbocycles. The van der Waals surface area contributed by atoms with Gasteiger partial charge in [-0.25, -0.2) is 17.5 Å². The lowest BCUT2D eigenvalue weighted by molar-refractivity contribution is 0.129. The Morgan fingerprint density at radius 2 is 2.00 bits per heavy atom. The number of aliphatic hydroxyl groups is 1. The molecule has 0 saturated carbocycles. The van der Waals surface area contributed by atoms with Crippen LogP contribution in [0.1, 0.15) is 19.4 Å². The molecular formula is C12H19FN2O3S. The van der Waals surface area contributed by atoms with E-state index < -0.39 is 21.9 Å². The fourth-order valence-corrected chi connectivity index (χ4v) is 2.80. The minimum Gasteiger partial charge on any atom is -0.399 e. The Labute approximate surface area is 112 Å². The van der Waals surface area contributed by atoms with Gasteiger partial charge in [0.1, 0.15) is 5.82 Å². The molecule has 108 valence electrons. The van der Waals surface area contributed by atoms with Crippen LogP contribution in [0.25, 0.3) is 0 Å². The highest BCUT2D eigenvalue weighted by Crippen LogP contribution is 2.21. The molecule has 0 aliphatic heterocycles. The number of sulfonamides is 1. The molecule has 1 aromatic rings. The van der Waals surface area contributed by atoms with Crippen LogP contribution in [-0.4, -0.2) is 26.2 Å². The first-order valence-corrected chi connectivity index (χ1v) is 7.37. The smallest absolute Gasteiger partial charge is 0.241 e. The zero-order valence-corrected chi connectivity index (χ0v) is 12.0. The quantitative estimate of drug-likeness (QED) is 0.706. The molecule has 0 aromatic heterocycles. The molecule has 1 rings (SSSR count). The largest absolute Gasteiger partial charge is 0.399 e. The van der Waals surface area contributed by atoms with Gasteiger partial charge in [-0.1, -0.05) is 13.8 Å². The number of nitrogens with two attached hydrogens (primary N) is 1. The summed E-state index contributed by atoms with van der Waals surface area (Å²) in [6, 6.07) is 2.26. The van der Waals surface area contributed by atoms with Crippen molar-refractivity contribution in [1.29, 1.82) is 0 Å². The molecule has 0 heterocycles. The van der Waals surface area contributed by atoms with Gasteiger partial charge in [0.2, 0.25) is 10.0 Å². The van der Waals surface area contributed by atoms with Gasteiger partial charge in [-0.3, -0.25) is 0 Å². The third-order valence-corrected chi connectivity index (χ3v) is 4.41. The Morgan fingerprint density at radius 1 is 1.42 bits per heavy atom. The number of nitrogen functional groups attached to an aromatic ring is 1. The summed E-state index contributed by atoms with van der Waals surface area (Å²) in [5, 5.41) is 9.59. The lowest BCUT2D eigenvalue weighted by Crippen LogP contribution is -2.35. The maximum atomic E-state index is 13.5. The Morgan fingerprint density at radius 3 is 2.53 bits per heavy atom. The van der Waals surface area contributed by atoms with E-state index in [0.29, 0.717) is 0 Å². The van der Waals surface area contributed by atoms with Gasteiger partial charge >= 0.3 is 0 Å². The molecular weight excluding hydrogens is 271 g/mol. The number of hydrogen-bond acceptors (Lipinski definition) is 4. The number of aliphatic hydroxyl groups excluding tert-OH is 1. The average Bonchev–Trinajstić information content (AvgIpc) is 2.30. The highest BCUT2D eigenvalue weighted by atomic mass is 32.2. The van der Waals surface area contributed by atoms with Crippen molar-refractivity contribution in [3.8, 4) is 0 Å². The second-order valence-electron chi connectivity index (χ2n) is 4.79. The van der Waals surface area contributed by atoms with Gasteiger partial charge in [0.05, 0.1) is 11.0 Å². The first-order chi connectivity index (χ1) is 8.65. The van der Waals surface area contributed by atoms with Crippen molar-refractivity contribution in [2.45, 2.75) is 31.8 Å². The molecule has 0 spiro atoms. The minimum atomic E-state index is -3.89. The van der Waals surface area contributed by atoms with Crippen molar-refractivity contribution in [1.82, 2.24) is 4.72 Å². The number of nitrogens with one attached hydrogen (secondary N) is 1. The normalized spacial score (nSPS) is 13.8. The summed E-state index contributed by atoms with van der Waals surface area (Å²) >= 11 is 0. The van der Waals surface area contributed by atoms with E-state index in [-0.39, 0.29) is 28.6 Å². The molecule has 4 N–H and O–H groups in total. The average molecular weight is 290 g/mol. The molecule has 1 aromatic carbocycles. The summed E-state index contributed by atoms with van der Waals surface area (Å²) in [7, 11) is -3.89. The van der Waals surface area contributed by atoms with E-state index in [2.05, 4.69) is 4.72 Å². The van der Waals surface area contributed by atoms with Gasteiger partial charge in [-0.15, -0.1) is 0 Å². The number of rotatable bonds is 5. The fraction of sp³-hybridized carbons (Fsp3) is 0.500. The van der Waals surface area contributed by atoms with E-state index in [9.17, 15) is 17.9 Å². The van der Waals surface area contributed by atoms with Crippen molar-refractivity contribution in [3.63, 3.8) is 0 Å². The van der Waals surface area contributed by atoms with Crippen LogP contribution in [0.4, 0.5) is 10.1 Å². The molecule has 0 aliphatic rings. The lowest BCUT2D eigenvalue weighted by atomic mass is 10.1. The molecule has 0 fully saturated rings. The van der Waals surface area contributed by atoms with Crippen molar-refractivity contribution in [2.75, 3.05) is 12.3 Å². The van der Waals surface area contributed by atoms with Gasteiger partial charge in [0.15, 0.2) is 0 Å². The summed E-state index contributed by atoms with van der Waals surface area (Å²) in [5.41, 5.74) is 5.48. The number of hydrogen-bond donors (Lipinski definition) is 3. The van der Waals surface area contributed by atoms with Crippen LogP contribution >= 0.6 is 0 Å². The van der Waals surface area contributed by atoms with E-state index in [1.54, 1.807) is 13.8 Å². The second kappa shape index (κ2) is 5.85. The number of anilines is 1. The topological polar surface area (TPSA) is 92.4 Å². The summed E-state index contributed by atoms with van der Waals surface area (Å²) in [4.78, 5) is -0.207. The maximum absolute atomic E-state index is 13.5. The first-order valence-electron chi connectivity index (χ1n) is 5.88. The lowest BCUT2D eigenvalue weighted by Gasteiger charge is -2.16. The Bertz CT molecular complexity index is 558. The molecule has 1 atom stereocenters. The van der Waals surface area contributed by atoms with Gasteiger partial charge in [-0.2, -0.15) is 0 Å². The van der Waals surface area contributed by atoms with E-state index in [1.165, 1.54) is 13.0 Å². The molecule has 7 heteroatoms. The van der Waals surface area contributed by atoms with Crippen LogP contribution in [0, 0.1) is 18.7 Å². The van der Waals surface area contributed by atoms with Crippen LogP contribution in [0.5, 0.6) is 0 Å². The van der Waals surface area contributed by atoms with E-state index in [4.69, 9.17) is 5.73 Å². The highest BCUT2D eigenvalue weighted by molar-refractivity contribution is 7.89. The maximum Gasteiger partial charge on any atom is 0.241 e. The zero-order chi connectivity index (χ0) is 14.8. The van der Waals surface area contributed by atoms with E-state index >= 15 is 0 Å². The monoisotopic (exact) mass is 290 g/mol. The molecule has 19 heavy (non-hydrogen) atoms. The number of halogens is 1. The Kier molecular flexibility index (Phi) is 4.89. The van der Waals surface area contributed by atoms with Crippen LogP contribution in [0.15, 0.2) is 17.0 Å². The summed E-state index contributed by atoms with van der Waals surface area (Å²) in [5.74, 6) is -0.758. The molecule has 5 nitrogen and oxygen atoms in total. The summed E-state index contributed by atoms with van der Waals surface area (Å²) in [6.45, 7) is 4.77. The van der Waals surface area contributed by atoms with Crippen molar-refractivity contribution in [3.05, 3.63) is 23.5 Å². The van der Waals surface area contributed by atoms with Gasteiger partial charge < -0.3 is 10.8 Å². The molecule has 0 bridgehead atoms. The molecule has 1 unspecified atom stereocenters. The van der Waals surface area contributed by atoms with Gasteiger partial charge in [0.25, 0.3) is 0 Å². The first kappa shape index (κ1) is 15.9. The van der Waals surface area contributed by atoms with Crippen LogP contribution in [0.3, 0.4) is 0 Å². The summed E-state index contributed by atoms with van der Waals surface area (Å²) in [6.07, 6.45) is -0.805. The molecule has 0 amide bonds. The molecule has 0 radical (unpaired) electrons. The van der Waals surface area contributed by atoms with Crippen LogP contribution in [0.2, 0.25) is 0 Å². The standard InChI is InChI=1S/C12H19FN2O3S/c1-7(2)11(16)6-15-19(17,18)12-5-9(14)4-10(13)8(12)3/h4-5,7,11,15-16H,6,14H2,1-3H3. The fourth-order valence-electron chi connectivity index (χ4n) is 1.46. The van der Waals surface area contributed by atoms with Crippen molar-refractivity contribution < 1.29 is 17.9 Å². The second-order valence-corrected chi connectivity index (χ2v) is 6.52. The van der Waals surface area contributed by atoms with Crippen molar-refractivity contribution in [2.24, 2.45) is 5.92 Å². The van der Waals surface area contributed by atoms with E-state index in [0.717, 1.165) is 6.07 Å². The minimum absolute atomic E-state index is 0.000682. The molecule has 0 saturated heterocycles. The summed E-state index contributed by atoms with van der Waals surface area (Å²) < 4.78 is 39.8. The third-order valence-electron chi connectivity index (χ3n) is 2.86. The highest BCUT2D eigenvalue weighted by Gasteiger charge is 2.21. The SMILES string of the molecule is Cc1c(F)cc(N)cc1S(=O)(=O)NCC(O)C(C)C. The Balaban J connectivity index is 3.01. The van der Waals surface area contributed by atoms with Crippen LogP contribution in [-0.2, 0) is 10.0 Å². The zero-order valence-electron chi connectivity index (χ0n) is 11.1. The third kappa shape index (κ3) is 3.89. The van der Waals surface area contributed by atoms with E-state index in [1.807, 2.05) is 0 Å². The Hall–Kier alpha value is -1.18. The predicted octanol–water partition coefficient (Wildman–Crippen LogP) is 1.01. The van der Waals surface area contributed by atoms with Gasteiger partial charge in [-0.05, 0) is 25.0 Å². The number of benzene rings is 1. The van der Waals surface area contributed by atoms with Crippen molar-refractivity contribution >= 4 is 15.7 Å². The van der Waals surface area contributed by atoms with Crippen LogP contribution < -0.4 is 10.5 Å². The van der Waals surface area contributed by atoms with Gasteiger partial charge in [0, 0.05) is 17.8 Å². The predicted molar refractivity (Wildman–Crippen MR) is 71.6 cm³/mol.